The lowest BCUT2D eigenvalue weighted by Gasteiger charge is -2.65. The van der Waals surface area contributed by atoms with Crippen molar-refractivity contribution in [2.24, 2.45) is 57.7 Å². The molecule has 15 nitrogen and oxygen atoms in total. The standard InChI is InChI=1S/C37H48O15/c1-12-20-23(35(8)36(9,44)32(43)52-37(35)29(12)51-37)27(46-13(2)38)21-19-22(28(47-14(3)39)31(34(20,21)7)49-16(5)41)33(6)17(24(42)26(19)45-10)11-18-25(50-18)30(33)48-15(4)40/h12,17-23,25-31,44H,11H2,1-10H3/t12-,17+,18-,19?,20-,21+,22?,23-,25-,26+,27+,28-,29+,30-,31-,33-,34+,35-,36+,37-/m0/s1. The number of methoxy groups -OCH3 is 1. The lowest BCUT2D eigenvalue weighted by atomic mass is 9.41. The number of hydrogen-bond acceptors (Lipinski definition) is 15. The second-order valence-corrected chi connectivity index (χ2v) is 17.3. The molecule has 286 valence electrons. The molecule has 0 bridgehead atoms. The number of ketones is 1. The van der Waals surface area contributed by atoms with Gasteiger partial charge in [0.25, 0.3) is 0 Å². The Morgan fingerprint density at radius 3 is 1.90 bits per heavy atom. The number of ether oxygens (including phenoxy) is 8. The van der Waals surface area contributed by atoms with E-state index in [4.69, 9.17) is 37.9 Å². The largest absolute Gasteiger partial charge is 0.462 e. The molecule has 8 fully saturated rings. The van der Waals surface area contributed by atoms with Gasteiger partial charge < -0.3 is 43.0 Å². The Labute approximate surface area is 301 Å². The number of carbonyl (C=O) groups is 6. The molecule has 8 rings (SSSR count). The van der Waals surface area contributed by atoms with E-state index in [2.05, 4.69) is 0 Å². The molecule has 5 saturated carbocycles. The van der Waals surface area contributed by atoms with E-state index >= 15 is 0 Å². The zero-order valence-corrected chi connectivity index (χ0v) is 31.0. The van der Waals surface area contributed by atoms with Crippen molar-refractivity contribution in [2.45, 2.75) is 129 Å². The molecule has 0 amide bonds. The minimum atomic E-state index is -2.12. The molecule has 0 radical (unpaired) electrons. The van der Waals surface area contributed by atoms with Crippen LogP contribution in [0, 0.1) is 57.7 Å². The third-order valence-corrected chi connectivity index (χ3v) is 15.2. The summed E-state index contributed by atoms with van der Waals surface area (Å²) >= 11 is 0. The van der Waals surface area contributed by atoms with Crippen LogP contribution in [0.25, 0.3) is 0 Å². The van der Waals surface area contributed by atoms with E-state index in [1.807, 2.05) is 20.8 Å². The van der Waals surface area contributed by atoms with Crippen LogP contribution in [0.4, 0.5) is 0 Å². The summed E-state index contributed by atoms with van der Waals surface area (Å²) in [5.41, 5.74) is -6.17. The van der Waals surface area contributed by atoms with Gasteiger partial charge in [-0.25, -0.2) is 4.79 Å². The average Bonchev–Trinajstić information content (AvgIpc) is 3.93. The number of rotatable bonds is 5. The first-order valence-electron chi connectivity index (χ1n) is 18.2. The van der Waals surface area contributed by atoms with Gasteiger partial charge in [0.2, 0.25) is 5.79 Å². The molecular formula is C37H48O15. The van der Waals surface area contributed by atoms with Crippen molar-refractivity contribution in [2.75, 3.05) is 7.11 Å². The van der Waals surface area contributed by atoms with Gasteiger partial charge in [-0.3, -0.25) is 24.0 Å². The predicted molar refractivity (Wildman–Crippen MR) is 170 cm³/mol. The maximum Gasteiger partial charge on any atom is 0.341 e. The first-order valence-corrected chi connectivity index (χ1v) is 18.2. The Hall–Kier alpha value is -3.14. The lowest BCUT2D eigenvalue weighted by molar-refractivity contribution is -0.275. The van der Waals surface area contributed by atoms with Gasteiger partial charge in [0.15, 0.2) is 11.4 Å². The molecule has 3 saturated heterocycles. The van der Waals surface area contributed by atoms with Crippen LogP contribution in [0.2, 0.25) is 0 Å². The summed E-state index contributed by atoms with van der Waals surface area (Å²) in [6.07, 6.45) is -6.93. The molecule has 8 aliphatic rings. The van der Waals surface area contributed by atoms with E-state index in [9.17, 15) is 33.9 Å². The maximum atomic E-state index is 14.9. The molecule has 2 unspecified atom stereocenters. The molecular weight excluding hydrogens is 684 g/mol. The molecule has 3 aliphatic heterocycles. The van der Waals surface area contributed by atoms with Crippen LogP contribution < -0.4 is 0 Å². The first-order chi connectivity index (χ1) is 24.2. The summed E-state index contributed by atoms with van der Waals surface area (Å²) in [5, 5.41) is 12.1. The number of epoxide rings is 2. The van der Waals surface area contributed by atoms with Crippen LogP contribution in [-0.4, -0.2) is 108 Å². The third kappa shape index (κ3) is 4.01. The molecule has 0 aromatic rings. The van der Waals surface area contributed by atoms with Crippen LogP contribution >= 0.6 is 0 Å². The Bertz CT molecular complexity index is 1670. The van der Waals surface area contributed by atoms with Crippen molar-refractivity contribution < 1.29 is 71.8 Å². The summed E-state index contributed by atoms with van der Waals surface area (Å²) in [4.78, 5) is 80.9. The molecule has 0 aromatic carbocycles. The smallest absolute Gasteiger partial charge is 0.341 e. The van der Waals surface area contributed by atoms with E-state index in [-0.39, 0.29) is 11.9 Å². The van der Waals surface area contributed by atoms with Crippen molar-refractivity contribution in [3.05, 3.63) is 0 Å². The second-order valence-electron chi connectivity index (χ2n) is 17.3. The molecule has 20 atom stereocenters. The minimum Gasteiger partial charge on any atom is -0.462 e. The highest BCUT2D eigenvalue weighted by molar-refractivity contribution is 5.89. The minimum absolute atomic E-state index is 0.267. The van der Waals surface area contributed by atoms with Gasteiger partial charge in [-0.05, 0) is 32.1 Å². The second kappa shape index (κ2) is 10.8. The van der Waals surface area contributed by atoms with Gasteiger partial charge in [-0.15, -0.1) is 0 Å². The summed E-state index contributed by atoms with van der Waals surface area (Å²) in [7, 11) is 1.42. The van der Waals surface area contributed by atoms with Gasteiger partial charge >= 0.3 is 29.8 Å². The predicted octanol–water partition coefficient (Wildman–Crippen LogP) is 1.28. The number of hydrogen-bond donors (Lipinski definition) is 1. The monoisotopic (exact) mass is 732 g/mol. The molecule has 5 aliphatic carbocycles. The highest BCUT2D eigenvalue weighted by atomic mass is 16.8. The highest BCUT2D eigenvalue weighted by Crippen LogP contribution is 2.81. The zero-order valence-electron chi connectivity index (χ0n) is 31.0. The quantitative estimate of drug-likeness (QED) is 0.240. The molecule has 52 heavy (non-hydrogen) atoms. The summed E-state index contributed by atoms with van der Waals surface area (Å²) in [5.74, 6) is -10.7. The van der Waals surface area contributed by atoms with Crippen LogP contribution in [0.5, 0.6) is 0 Å². The fraction of sp³-hybridized carbons (Fsp3) is 0.838. The van der Waals surface area contributed by atoms with Gasteiger partial charge in [-0.2, -0.15) is 0 Å². The van der Waals surface area contributed by atoms with Crippen LogP contribution in [0.15, 0.2) is 0 Å². The zero-order chi connectivity index (χ0) is 38.0. The van der Waals surface area contributed by atoms with Gasteiger partial charge in [-0.1, -0.05) is 20.8 Å². The fourth-order valence-electron chi connectivity index (χ4n) is 13.4. The van der Waals surface area contributed by atoms with Crippen LogP contribution in [-0.2, 0) is 66.7 Å². The molecule has 0 aromatic heterocycles. The SMILES string of the molecule is CO[C@H]1C(=O)[C@H]2C[C@@H]3O[C@@H]3[C@H](OC(C)=O)[C@]2(C)C2C1[C@@H]1[C@@H](OC(C)=O)[C@@H]3[C@H]([C@H](C)[C@H]4O[C@]45OC(=O)[C@@](C)(O)[C@]35C)[C@@]1(C)[C@@H](OC(C)=O)[C@H]2OC(C)=O. The Morgan fingerprint density at radius 2 is 1.33 bits per heavy atom. The van der Waals surface area contributed by atoms with Crippen molar-refractivity contribution in [3.8, 4) is 0 Å². The maximum absolute atomic E-state index is 14.9. The number of fused-ring (bicyclic) bond motifs is 9. The first kappa shape index (κ1) is 35.9. The van der Waals surface area contributed by atoms with Crippen molar-refractivity contribution in [1.29, 1.82) is 0 Å². The Morgan fingerprint density at radius 1 is 0.769 bits per heavy atom. The lowest BCUT2D eigenvalue weighted by Crippen LogP contribution is -2.75. The average molecular weight is 733 g/mol. The Balaban J connectivity index is 1.43. The topological polar surface area (TPSA) is 203 Å². The molecule has 3 heterocycles. The fourth-order valence-corrected chi connectivity index (χ4v) is 13.4. The third-order valence-electron chi connectivity index (χ3n) is 15.2. The van der Waals surface area contributed by atoms with E-state index in [0.717, 1.165) is 0 Å². The van der Waals surface area contributed by atoms with E-state index in [1.54, 1.807) is 6.92 Å². The van der Waals surface area contributed by atoms with Gasteiger partial charge in [0, 0.05) is 75.2 Å². The molecule has 15 heteroatoms. The van der Waals surface area contributed by atoms with Crippen molar-refractivity contribution >= 4 is 35.6 Å². The summed E-state index contributed by atoms with van der Waals surface area (Å²) in [6, 6.07) is 0. The molecule has 1 N–H and O–H groups in total. The van der Waals surface area contributed by atoms with Crippen LogP contribution in [0.1, 0.15) is 68.7 Å². The number of aliphatic hydroxyl groups is 1. The van der Waals surface area contributed by atoms with Gasteiger partial charge in [0.1, 0.15) is 42.7 Å². The summed E-state index contributed by atoms with van der Waals surface area (Å²) < 4.78 is 49.4. The number of esters is 5. The van der Waals surface area contributed by atoms with Crippen molar-refractivity contribution in [3.63, 3.8) is 0 Å². The number of carbonyl (C=O) groups excluding carboxylic acids is 6. The normalized spacial score (nSPS) is 55.8. The molecule has 1 spiro atoms. The van der Waals surface area contributed by atoms with E-state index < -0.39 is 142 Å². The summed E-state index contributed by atoms with van der Waals surface area (Å²) in [6.45, 7) is 13.7. The van der Waals surface area contributed by atoms with Crippen molar-refractivity contribution in [1.82, 2.24) is 0 Å². The van der Waals surface area contributed by atoms with Gasteiger partial charge in [0.05, 0.1) is 11.5 Å². The van der Waals surface area contributed by atoms with E-state index in [0.29, 0.717) is 6.42 Å². The highest BCUT2D eigenvalue weighted by Gasteiger charge is 2.93. The Kier molecular flexibility index (Phi) is 7.42. The van der Waals surface area contributed by atoms with E-state index in [1.165, 1.54) is 41.7 Å². The number of Topliss-reactive ketones (excluding diaryl/α,β-unsaturated/α-hetero) is 1. The van der Waals surface area contributed by atoms with Crippen LogP contribution in [0.3, 0.4) is 0 Å².